The van der Waals surface area contributed by atoms with Crippen molar-refractivity contribution in [3.63, 3.8) is 0 Å². The highest BCUT2D eigenvalue weighted by Gasteiger charge is 2.30. The number of aromatic amines is 1. The Labute approximate surface area is 146 Å². The van der Waals surface area contributed by atoms with E-state index in [4.69, 9.17) is 4.98 Å². The molecule has 1 saturated carbocycles. The Morgan fingerprint density at radius 1 is 1.12 bits per heavy atom. The number of nitrogens with one attached hydrogen (secondary N) is 1. The zero-order valence-corrected chi connectivity index (χ0v) is 14.9. The average molecular weight is 343 g/mol. The second-order valence-corrected chi connectivity index (χ2v) is 7.41. The summed E-state index contributed by atoms with van der Waals surface area (Å²) in [6.45, 7) is 4.95. The summed E-state index contributed by atoms with van der Waals surface area (Å²) in [6.07, 6.45) is 6.34. The molecule has 3 aliphatic heterocycles. The minimum Gasteiger partial charge on any atom is -0.343 e. The van der Waals surface area contributed by atoms with Crippen LogP contribution in [0.15, 0.2) is 4.79 Å². The van der Waals surface area contributed by atoms with Crippen LogP contribution in [-0.2, 0) is 4.79 Å². The molecule has 1 aliphatic carbocycles. The normalized spacial score (nSPS) is 19.8. The molecule has 1 saturated heterocycles. The zero-order valence-electron chi connectivity index (χ0n) is 14.9. The lowest BCUT2D eigenvalue weighted by Gasteiger charge is -2.30. The van der Waals surface area contributed by atoms with Gasteiger partial charge in [0.25, 0.3) is 5.56 Å². The average Bonchev–Trinajstić information content (AvgIpc) is 3.23. The fraction of sp³-hybridized carbons (Fsp3) is 0.667. The lowest BCUT2D eigenvalue weighted by molar-refractivity contribution is -0.129. The Morgan fingerprint density at radius 2 is 1.80 bits per heavy atom. The number of hydrogen-bond acceptors (Lipinski definition) is 4. The van der Waals surface area contributed by atoms with Gasteiger partial charge in [0.2, 0.25) is 5.91 Å². The first-order valence-corrected chi connectivity index (χ1v) is 9.29. The van der Waals surface area contributed by atoms with E-state index in [0.29, 0.717) is 30.5 Å². The van der Waals surface area contributed by atoms with Gasteiger partial charge in [-0.3, -0.25) is 14.3 Å². The zero-order chi connectivity index (χ0) is 17.6. The highest BCUT2D eigenvalue weighted by Crippen LogP contribution is 2.34. The van der Waals surface area contributed by atoms with Crippen molar-refractivity contribution >= 4 is 5.91 Å². The van der Waals surface area contributed by atoms with Crippen LogP contribution < -0.4 is 5.56 Å². The van der Waals surface area contributed by atoms with Crippen molar-refractivity contribution in [2.75, 3.05) is 13.1 Å². The summed E-state index contributed by atoms with van der Waals surface area (Å²) in [5, 5.41) is 3.35. The summed E-state index contributed by atoms with van der Waals surface area (Å²) in [7, 11) is 0. The van der Waals surface area contributed by atoms with Gasteiger partial charge in [-0.1, -0.05) is 12.8 Å². The third-order valence-electron chi connectivity index (χ3n) is 5.76. The Morgan fingerprint density at radius 3 is 2.44 bits per heavy atom. The number of piperidine rings is 1. The maximum Gasteiger partial charge on any atom is 0.284 e. The van der Waals surface area contributed by atoms with Crippen molar-refractivity contribution in [2.45, 2.75) is 64.3 Å². The first kappa shape index (κ1) is 16.3. The van der Waals surface area contributed by atoms with Crippen molar-refractivity contribution in [1.29, 1.82) is 0 Å². The van der Waals surface area contributed by atoms with Crippen LogP contribution >= 0.6 is 0 Å². The molecule has 0 aromatic rings. The number of nitrogens with zero attached hydrogens (tertiary/aromatic N) is 4. The molecule has 2 fully saturated rings. The van der Waals surface area contributed by atoms with Crippen LogP contribution in [0.3, 0.4) is 0 Å². The topological polar surface area (TPSA) is 83.9 Å². The van der Waals surface area contributed by atoms with Crippen molar-refractivity contribution in [3.8, 4) is 11.4 Å². The number of amides is 1. The van der Waals surface area contributed by atoms with E-state index in [1.165, 1.54) is 12.8 Å². The molecule has 4 aliphatic rings. The van der Waals surface area contributed by atoms with Crippen LogP contribution in [0, 0.1) is 6.92 Å². The molecule has 0 unspecified atom stereocenters. The Bertz CT molecular complexity index is 810. The van der Waals surface area contributed by atoms with E-state index in [-0.39, 0.29) is 17.4 Å². The maximum atomic E-state index is 12.6. The van der Waals surface area contributed by atoms with Crippen LogP contribution in [-0.4, -0.2) is 43.6 Å². The number of carbonyl (C=O) groups excluding carboxylic acids is 1. The molecule has 1 amide bonds. The molecular formula is C18H25N5O2. The molecule has 134 valence electrons. The number of rotatable bonds is 2. The first-order chi connectivity index (χ1) is 12.0. The molecule has 4 rings (SSSR count). The summed E-state index contributed by atoms with van der Waals surface area (Å²) >= 11 is 0. The molecule has 0 spiro atoms. The van der Waals surface area contributed by atoms with E-state index in [0.717, 1.165) is 37.2 Å². The number of fused-ring (bicyclic) bond motifs is 1. The lowest BCUT2D eigenvalue weighted by atomic mass is 9.95. The van der Waals surface area contributed by atoms with Gasteiger partial charge in [-0.15, -0.1) is 0 Å². The van der Waals surface area contributed by atoms with Crippen LogP contribution in [0.5, 0.6) is 0 Å². The van der Waals surface area contributed by atoms with Gasteiger partial charge >= 0.3 is 0 Å². The SMILES string of the molecule is CC(=O)N1CCC(c2nc3n(C4CCCC4)[nH]c(C)c-3c(=O)n2)CC1. The molecule has 0 bridgehead atoms. The predicted octanol–water partition coefficient (Wildman–Crippen LogP) is 2.22. The van der Waals surface area contributed by atoms with E-state index >= 15 is 0 Å². The molecule has 25 heavy (non-hydrogen) atoms. The molecule has 3 heterocycles. The maximum absolute atomic E-state index is 12.6. The van der Waals surface area contributed by atoms with E-state index in [2.05, 4.69) is 14.8 Å². The Hall–Kier alpha value is -2.18. The second kappa shape index (κ2) is 6.28. The summed E-state index contributed by atoms with van der Waals surface area (Å²) < 4.78 is 2.09. The van der Waals surface area contributed by atoms with Crippen molar-refractivity contribution < 1.29 is 4.79 Å². The minimum atomic E-state index is -0.181. The van der Waals surface area contributed by atoms with Gasteiger partial charge in [-0.2, -0.15) is 4.98 Å². The molecule has 0 aromatic carbocycles. The van der Waals surface area contributed by atoms with E-state index in [1.807, 2.05) is 11.8 Å². The number of aromatic nitrogens is 4. The van der Waals surface area contributed by atoms with Gasteiger partial charge < -0.3 is 10.00 Å². The van der Waals surface area contributed by atoms with Gasteiger partial charge in [0.1, 0.15) is 11.4 Å². The molecule has 7 heteroatoms. The van der Waals surface area contributed by atoms with Gasteiger partial charge in [0, 0.05) is 31.6 Å². The number of hydrogen-bond donors (Lipinski definition) is 1. The summed E-state index contributed by atoms with van der Waals surface area (Å²) in [4.78, 5) is 35.1. The van der Waals surface area contributed by atoms with Crippen LogP contribution in [0.2, 0.25) is 0 Å². The fourth-order valence-corrected chi connectivity index (χ4v) is 4.30. The number of H-pyrrole nitrogens is 1. The van der Waals surface area contributed by atoms with Gasteiger partial charge in [-0.05, 0) is 32.6 Å². The lowest BCUT2D eigenvalue weighted by Crippen LogP contribution is -2.37. The number of carbonyl (C=O) groups is 1. The van der Waals surface area contributed by atoms with E-state index in [1.54, 1.807) is 6.92 Å². The molecule has 0 radical (unpaired) electrons. The highest BCUT2D eigenvalue weighted by molar-refractivity contribution is 5.73. The summed E-state index contributed by atoms with van der Waals surface area (Å²) in [5.74, 6) is 1.67. The quantitative estimate of drug-likeness (QED) is 0.906. The second-order valence-electron chi connectivity index (χ2n) is 7.41. The third kappa shape index (κ3) is 2.85. The monoisotopic (exact) mass is 343 g/mol. The minimum absolute atomic E-state index is 0.111. The van der Waals surface area contributed by atoms with E-state index in [9.17, 15) is 9.59 Å². The Kier molecular flexibility index (Phi) is 4.09. The third-order valence-corrected chi connectivity index (χ3v) is 5.76. The van der Waals surface area contributed by atoms with Gasteiger partial charge in [0.05, 0.1) is 6.04 Å². The van der Waals surface area contributed by atoms with Crippen molar-refractivity contribution in [2.24, 2.45) is 0 Å². The molecule has 0 aromatic heterocycles. The largest absolute Gasteiger partial charge is 0.343 e. The van der Waals surface area contributed by atoms with Crippen molar-refractivity contribution in [3.05, 3.63) is 21.9 Å². The molecule has 1 N–H and O–H groups in total. The molecule has 7 nitrogen and oxygen atoms in total. The van der Waals surface area contributed by atoms with E-state index < -0.39 is 0 Å². The van der Waals surface area contributed by atoms with Crippen molar-refractivity contribution in [1.82, 2.24) is 24.6 Å². The van der Waals surface area contributed by atoms with Crippen LogP contribution in [0.25, 0.3) is 11.4 Å². The fourth-order valence-electron chi connectivity index (χ4n) is 4.30. The summed E-state index contributed by atoms with van der Waals surface area (Å²) in [5.41, 5.74) is 1.29. The number of aryl methyl sites for hydroxylation is 1. The Balaban J connectivity index is 1.68. The highest BCUT2D eigenvalue weighted by atomic mass is 16.2. The summed E-state index contributed by atoms with van der Waals surface area (Å²) in [6, 6.07) is 0.401. The number of likely N-dealkylation sites (tertiary alicyclic amines) is 1. The first-order valence-electron chi connectivity index (χ1n) is 9.29. The predicted molar refractivity (Wildman–Crippen MR) is 93.7 cm³/mol. The molecular weight excluding hydrogens is 318 g/mol. The van der Waals surface area contributed by atoms with Crippen LogP contribution in [0.1, 0.15) is 68.9 Å². The van der Waals surface area contributed by atoms with Crippen LogP contribution in [0.4, 0.5) is 0 Å². The van der Waals surface area contributed by atoms with Gasteiger partial charge in [0.15, 0.2) is 5.82 Å². The smallest absolute Gasteiger partial charge is 0.284 e. The molecule has 0 atom stereocenters. The van der Waals surface area contributed by atoms with Gasteiger partial charge in [-0.25, -0.2) is 4.98 Å². The standard InChI is InChI=1S/C18H25N5O2/c1-11-15-17(23(21-11)14-5-3-4-6-14)19-16(20-18(15)25)13-7-9-22(10-8-13)12(2)24/h13-14,21H,3-10H2,1-2H3.